The van der Waals surface area contributed by atoms with Crippen LogP contribution in [0.15, 0.2) is 24.3 Å². The molecule has 0 heterocycles. The highest BCUT2D eigenvalue weighted by atomic mass is 16.5. The maximum Gasteiger partial charge on any atom is 0.317 e. The first-order chi connectivity index (χ1) is 13.1. The Balaban J connectivity index is 2.59. The molecule has 2 heteroatoms. The third kappa shape index (κ3) is 9.44. The maximum absolute atomic E-state index is 12.9. The summed E-state index contributed by atoms with van der Waals surface area (Å²) in [6.07, 6.45) is 15.1. The Morgan fingerprint density at radius 2 is 1.33 bits per heavy atom. The van der Waals surface area contributed by atoms with Gasteiger partial charge in [0.05, 0.1) is 5.41 Å². The Hall–Kier alpha value is -1.31. The van der Waals surface area contributed by atoms with Gasteiger partial charge in [0.1, 0.15) is 5.75 Å². The van der Waals surface area contributed by atoms with Crippen LogP contribution < -0.4 is 4.74 Å². The quantitative estimate of drug-likeness (QED) is 0.177. The van der Waals surface area contributed by atoms with E-state index in [1.165, 1.54) is 50.5 Å². The molecule has 1 rings (SSSR count). The van der Waals surface area contributed by atoms with Gasteiger partial charge in [-0.3, -0.25) is 4.79 Å². The molecule has 0 radical (unpaired) electrons. The summed E-state index contributed by atoms with van der Waals surface area (Å²) < 4.78 is 5.79. The van der Waals surface area contributed by atoms with Crippen LogP contribution in [0, 0.1) is 5.41 Å². The second-order valence-corrected chi connectivity index (χ2v) is 8.32. The zero-order valence-electron chi connectivity index (χ0n) is 18.3. The average Bonchev–Trinajstić information content (AvgIpc) is 2.68. The highest BCUT2D eigenvalue weighted by Gasteiger charge is 2.34. The van der Waals surface area contributed by atoms with Gasteiger partial charge in [-0.05, 0) is 50.3 Å². The van der Waals surface area contributed by atoms with Gasteiger partial charge in [-0.25, -0.2) is 0 Å². The lowest BCUT2D eigenvalue weighted by atomic mass is 9.80. The van der Waals surface area contributed by atoms with E-state index < -0.39 is 0 Å². The third-order valence-corrected chi connectivity index (χ3v) is 5.61. The number of unbranched alkanes of at least 4 members (excludes halogenated alkanes) is 7. The zero-order valence-corrected chi connectivity index (χ0v) is 18.3. The molecule has 0 fully saturated rings. The molecular weight excluding hydrogens is 332 g/mol. The second-order valence-electron chi connectivity index (χ2n) is 8.32. The van der Waals surface area contributed by atoms with Crippen molar-refractivity contribution in [3.63, 3.8) is 0 Å². The van der Waals surface area contributed by atoms with Gasteiger partial charge in [0.25, 0.3) is 0 Å². The van der Waals surface area contributed by atoms with Crippen molar-refractivity contribution in [2.45, 2.75) is 111 Å². The molecular formula is C25H42O2. The summed E-state index contributed by atoms with van der Waals surface area (Å²) in [5.41, 5.74) is 0.974. The fraction of sp³-hybridized carbons (Fsp3) is 0.720. The Morgan fingerprint density at radius 1 is 0.778 bits per heavy atom. The topological polar surface area (TPSA) is 26.3 Å². The molecule has 0 spiro atoms. The molecule has 1 atom stereocenters. The van der Waals surface area contributed by atoms with Crippen molar-refractivity contribution >= 4 is 5.97 Å². The number of esters is 1. The standard InChI is InChI=1S/C25H42O2/c1-5-8-11-13-15-22-16-18-23(19-17-22)27-24(26)25(4,20-10-7-3)21-14-12-9-6-2/h16-19H,5-15,20-21H2,1-4H3. The Labute approximate surface area is 168 Å². The van der Waals surface area contributed by atoms with Crippen LogP contribution in [0.1, 0.15) is 110 Å². The van der Waals surface area contributed by atoms with Gasteiger partial charge in [-0.15, -0.1) is 0 Å². The lowest BCUT2D eigenvalue weighted by molar-refractivity contribution is -0.146. The summed E-state index contributed by atoms with van der Waals surface area (Å²) in [4.78, 5) is 12.9. The summed E-state index contributed by atoms with van der Waals surface area (Å²) in [5.74, 6) is 0.636. The molecule has 0 saturated heterocycles. The van der Waals surface area contributed by atoms with Crippen LogP contribution in [-0.2, 0) is 11.2 Å². The lowest BCUT2D eigenvalue weighted by Crippen LogP contribution is -2.32. The monoisotopic (exact) mass is 374 g/mol. The number of aryl methyl sites for hydroxylation is 1. The van der Waals surface area contributed by atoms with Crippen LogP contribution in [0.3, 0.4) is 0 Å². The molecule has 2 nitrogen and oxygen atoms in total. The third-order valence-electron chi connectivity index (χ3n) is 5.61. The van der Waals surface area contributed by atoms with Gasteiger partial charge >= 0.3 is 5.97 Å². The van der Waals surface area contributed by atoms with E-state index in [-0.39, 0.29) is 11.4 Å². The Kier molecular flexibility index (Phi) is 12.1. The molecule has 27 heavy (non-hydrogen) atoms. The van der Waals surface area contributed by atoms with Crippen molar-refractivity contribution in [2.75, 3.05) is 0 Å². The van der Waals surface area contributed by atoms with E-state index >= 15 is 0 Å². The van der Waals surface area contributed by atoms with Crippen LogP contribution >= 0.6 is 0 Å². The van der Waals surface area contributed by atoms with Crippen LogP contribution in [0.4, 0.5) is 0 Å². The van der Waals surface area contributed by atoms with E-state index in [0.717, 1.165) is 38.5 Å². The number of carbonyl (C=O) groups excluding carboxylic acids is 1. The Morgan fingerprint density at radius 3 is 1.93 bits per heavy atom. The summed E-state index contributed by atoms with van der Waals surface area (Å²) in [6, 6.07) is 8.15. The Bertz CT molecular complexity index is 506. The van der Waals surface area contributed by atoms with Gasteiger partial charge in [-0.2, -0.15) is 0 Å². The highest BCUT2D eigenvalue weighted by molar-refractivity contribution is 5.78. The first-order valence-corrected chi connectivity index (χ1v) is 11.4. The predicted molar refractivity (Wildman–Crippen MR) is 116 cm³/mol. The molecule has 0 bridgehead atoms. The van der Waals surface area contributed by atoms with Crippen LogP contribution in [-0.4, -0.2) is 5.97 Å². The number of hydrogen-bond donors (Lipinski definition) is 0. The second kappa shape index (κ2) is 13.8. The molecule has 1 unspecified atom stereocenters. The van der Waals surface area contributed by atoms with Gasteiger partial charge in [0.2, 0.25) is 0 Å². The minimum atomic E-state index is -0.359. The molecule has 0 aromatic heterocycles. The molecule has 0 amide bonds. The molecule has 154 valence electrons. The van der Waals surface area contributed by atoms with Crippen LogP contribution in [0.25, 0.3) is 0 Å². The molecule has 1 aromatic rings. The van der Waals surface area contributed by atoms with E-state index in [0.29, 0.717) is 5.75 Å². The fourth-order valence-corrected chi connectivity index (χ4v) is 3.55. The van der Waals surface area contributed by atoms with E-state index in [2.05, 4.69) is 39.8 Å². The summed E-state index contributed by atoms with van der Waals surface area (Å²) >= 11 is 0. The number of hydrogen-bond acceptors (Lipinski definition) is 2. The lowest BCUT2D eigenvalue weighted by Gasteiger charge is -2.27. The van der Waals surface area contributed by atoms with Crippen LogP contribution in [0.2, 0.25) is 0 Å². The molecule has 0 saturated carbocycles. The van der Waals surface area contributed by atoms with Crippen molar-refractivity contribution in [2.24, 2.45) is 5.41 Å². The summed E-state index contributed by atoms with van der Waals surface area (Å²) in [7, 11) is 0. The maximum atomic E-state index is 12.9. The van der Waals surface area contributed by atoms with Crippen molar-refractivity contribution in [3.05, 3.63) is 29.8 Å². The van der Waals surface area contributed by atoms with Gasteiger partial charge in [-0.1, -0.05) is 90.7 Å². The average molecular weight is 375 g/mol. The van der Waals surface area contributed by atoms with E-state index in [9.17, 15) is 4.79 Å². The molecule has 0 N–H and O–H groups in total. The zero-order chi connectivity index (χ0) is 20.0. The normalized spacial score (nSPS) is 13.3. The van der Waals surface area contributed by atoms with Gasteiger partial charge in [0.15, 0.2) is 0 Å². The minimum absolute atomic E-state index is 0.0526. The molecule has 0 aliphatic heterocycles. The highest BCUT2D eigenvalue weighted by Crippen LogP contribution is 2.33. The predicted octanol–water partition coefficient (Wildman–Crippen LogP) is 7.88. The van der Waals surface area contributed by atoms with Crippen LogP contribution in [0.5, 0.6) is 5.75 Å². The fourth-order valence-electron chi connectivity index (χ4n) is 3.55. The molecule has 0 aliphatic rings. The molecule has 0 aliphatic carbocycles. The van der Waals surface area contributed by atoms with E-state index in [1.54, 1.807) is 0 Å². The van der Waals surface area contributed by atoms with Crippen molar-refractivity contribution in [3.8, 4) is 5.75 Å². The SMILES string of the molecule is CCCCCCc1ccc(OC(=O)C(C)(CCCC)CCCCCC)cc1. The summed E-state index contributed by atoms with van der Waals surface area (Å²) in [5, 5.41) is 0. The first kappa shape index (κ1) is 23.7. The van der Waals surface area contributed by atoms with Crippen molar-refractivity contribution in [1.82, 2.24) is 0 Å². The van der Waals surface area contributed by atoms with Crippen molar-refractivity contribution in [1.29, 1.82) is 0 Å². The summed E-state index contributed by atoms with van der Waals surface area (Å²) in [6.45, 7) is 8.74. The van der Waals surface area contributed by atoms with Crippen molar-refractivity contribution < 1.29 is 9.53 Å². The largest absolute Gasteiger partial charge is 0.426 e. The number of carbonyl (C=O) groups is 1. The van der Waals surface area contributed by atoms with E-state index in [1.807, 2.05) is 12.1 Å². The minimum Gasteiger partial charge on any atom is -0.426 e. The number of benzene rings is 1. The molecule has 1 aromatic carbocycles. The first-order valence-electron chi connectivity index (χ1n) is 11.4. The van der Waals surface area contributed by atoms with E-state index in [4.69, 9.17) is 4.74 Å². The van der Waals surface area contributed by atoms with Gasteiger partial charge < -0.3 is 4.74 Å². The smallest absolute Gasteiger partial charge is 0.317 e. The van der Waals surface area contributed by atoms with Gasteiger partial charge in [0, 0.05) is 0 Å². The number of ether oxygens (including phenoxy) is 1. The number of rotatable bonds is 15.